The van der Waals surface area contributed by atoms with Crippen molar-refractivity contribution in [3.8, 4) is 6.07 Å². The first kappa shape index (κ1) is 24.0. The lowest BCUT2D eigenvalue weighted by Crippen LogP contribution is -2.50. The van der Waals surface area contributed by atoms with E-state index in [-0.39, 0.29) is 17.9 Å². The summed E-state index contributed by atoms with van der Waals surface area (Å²) in [4.78, 5) is 39.3. The molecule has 0 aromatic carbocycles. The van der Waals surface area contributed by atoms with Gasteiger partial charge in [0.25, 0.3) is 11.8 Å². The number of hydrogen-bond donors (Lipinski definition) is 4. The van der Waals surface area contributed by atoms with E-state index >= 15 is 0 Å². The number of carbonyl (C=O) groups is 3. The van der Waals surface area contributed by atoms with Crippen molar-refractivity contribution in [3.05, 3.63) is 23.5 Å². The number of nitrogens with one attached hydrogen (secondary N) is 4. The van der Waals surface area contributed by atoms with Gasteiger partial charge in [0.15, 0.2) is 0 Å². The zero-order valence-electron chi connectivity index (χ0n) is 17.8. The van der Waals surface area contributed by atoms with Crippen LogP contribution in [0.25, 0.3) is 0 Å². The van der Waals surface area contributed by atoms with Crippen molar-refractivity contribution in [1.82, 2.24) is 20.9 Å². The minimum absolute atomic E-state index is 0.0155. The number of nitrogens with zero attached hydrogens (tertiary/aromatic N) is 1. The van der Waals surface area contributed by atoms with Crippen LogP contribution in [-0.4, -0.2) is 46.3 Å². The Morgan fingerprint density at radius 1 is 1.18 bits per heavy atom. The van der Waals surface area contributed by atoms with E-state index in [2.05, 4.69) is 16.0 Å². The number of nitriles is 1. The maximum absolute atomic E-state index is 13.5. The molecule has 4 atom stereocenters. The molecule has 1 aromatic rings. The van der Waals surface area contributed by atoms with E-state index in [0.717, 1.165) is 18.9 Å². The molecule has 1 aromatic heterocycles. The van der Waals surface area contributed by atoms with Crippen LogP contribution >= 0.6 is 0 Å². The molecule has 184 valence electrons. The quantitative estimate of drug-likeness (QED) is 0.420. The predicted octanol–water partition coefficient (Wildman–Crippen LogP) is 2.24. The number of halogens is 5. The summed E-state index contributed by atoms with van der Waals surface area (Å²) >= 11 is 0. The maximum Gasteiger partial charge on any atom is 0.431 e. The van der Waals surface area contributed by atoms with Gasteiger partial charge in [0.2, 0.25) is 11.8 Å². The summed E-state index contributed by atoms with van der Waals surface area (Å²) in [6.45, 7) is 0. The van der Waals surface area contributed by atoms with Crippen LogP contribution in [0.3, 0.4) is 0 Å². The number of H-pyrrole nitrogens is 1. The van der Waals surface area contributed by atoms with Crippen LogP contribution in [0.4, 0.5) is 22.0 Å². The molecule has 3 fully saturated rings. The molecular formula is C21H22F5N5O3. The third-order valence-electron chi connectivity index (χ3n) is 6.58. The van der Waals surface area contributed by atoms with Crippen LogP contribution in [-0.2, 0) is 15.8 Å². The molecule has 2 heterocycles. The van der Waals surface area contributed by atoms with E-state index in [1.165, 1.54) is 0 Å². The SMILES string of the molecule is N#C[C@H](C[C@@H]1CC2(CC2)NC1=O)NC(=O)[C@H](CC1CC1(F)F)NC(=O)c1ccc(C(F)(F)F)[nH]1. The van der Waals surface area contributed by atoms with Crippen LogP contribution in [0.1, 0.15) is 54.7 Å². The Labute approximate surface area is 190 Å². The standard InChI is InChI=1S/C21H22F5N5O3/c22-20(23)8-11(20)6-14(30-17(33)13-1-2-15(29-13)21(24,25)26)18(34)28-12(9-27)5-10-7-19(3-4-19)31-16(10)32/h1-2,10-12,14,29H,3-8H2,(H,28,34)(H,30,33)(H,31,32)/t10-,11?,12+,14+/m1/s1. The molecular weight excluding hydrogens is 465 g/mol. The molecule has 3 aliphatic rings. The van der Waals surface area contributed by atoms with Gasteiger partial charge in [0.05, 0.1) is 6.07 Å². The van der Waals surface area contributed by atoms with Crippen molar-refractivity contribution in [2.75, 3.05) is 0 Å². The number of amides is 3. The van der Waals surface area contributed by atoms with Gasteiger partial charge in [-0.1, -0.05) is 0 Å². The van der Waals surface area contributed by atoms with Crippen LogP contribution < -0.4 is 16.0 Å². The Morgan fingerprint density at radius 3 is 2.35 bits per heavy atom. The fraction of sp³-hybridized carbons (Fsp3) is 0.619. The Kier molecular flexibility index (Phi) is 5.81. The average molecular weight is 487 g/mol. The summed E-state index contributed by atoms with van der Waals surface area (Å²) in [5.74, 6) is -6.92. The maximum atomic E-state index is 13.5. The first-order valence-corrected chi connectivity index (χ1v) is 10.8. The number of rotatable bonds is 8. The van der Waals surface area contributed by atoms with Crippen molar-refractivity contribution in [2.45, 2.75) is 68.2 Å². The fourth-order valence-electron chi connectivity index (χ4n) is 4.32. The number of alkyl halides is 5. The Bertz CT molecular complexity index is 1040. The van der Waals surface area contributed by atoms with Gasteiger partial charge in [0, 0.05) is 23.8 Å². The average Bonchev–Trinajstić information content (AvgIpc) is 3.46. The van der Waals surface area contributed by atoms with Gasteiger partial charge in [-0.2, -0.15) is 18.4 Å². The van der Waals surface area contributed by atoms with E-state index in [1.54, 1.807) is 0 Å². The molecule has 1 unspecified atom stereocenters. The van der Waals surface area contributed by atoms with Crippen molar-refractivity contribution >= 4 is 17.7 Å². The zero-order chi connectivity index (χ0) is 24.9. The molecule has 2 aliphatic carbocycles. The predicted molar refractivity (Wildman–Crippen MR) is 105 cm³/mol. The first-order chi connectivity index (χ1) is 15.8. The molecule has 0 bridgehead atoms. The highest BCUT2D eigenvalue weighted by Gasteiger charge is 2.58. The minimum atomic E-state index is -4.73. The Balaban J connectivity index is 1.41. The van der Waals surface area contributed by atoms with E-state index in [9.17, 15) is 41.6 Å². The van der Waals surface area contributed by atoms with Crippen molar-refractivity contribution in [3.63, 3.8) is 0 Å². The zero-order valence-corrected chi connectivity index (χ0v) is 17.8. The molecule has 13 heteroatoms. The Morgan fingerprint density at radius 2 is 1.85 bits per heavy atom. The molecule has 4 N–H and O–H groups in total. The van der Waals surface area contributed by atoms with Gasteiger partial charge in [-0.05, 0) is 44.2 Å². The van der Waals surface area contributed by atoms with Gasteiger partial charge in [-0.15, -0.1) is 0 Å². The highest BCUT2D eigenvalue weighted by molar-refractivity contribution is 5.96. The topological polar surface area (TPSA) is 127 Å². The van der Waals surface area contributed by atoms with Gasteiger partial charge in [0.1, 0.15) is 23.5 Å². The normalized spacial score (nSPS) is 25.7. The summed E-state index contributed by atoms with van der Waals surface area (Å²) in [7, 11) is 0. The lowest BCUT2D eigenvalue weighted by Gasteiger charge is -2.21. The van der Waals surface area contributed by atoms with Gasteiger partial charge >= 0.3 is 6.18 Å². The van der Waals surface area contributed by atoms with Gasteiger partial charge in [-0.3, -0.25) is 14.4 Å². The second-order valence-corrected chi connectivity index (χ2v) is 9.30. The van der Waals surface area contributed by atoms with Gasteiger partial charge < -0.3 is 20.9 Å². The molecule has 4 rings (SSSR count). The molecule has 3 amide bonds. The number of carbonyl (C=O) groups excluding carboxylic acids is 3. The summed E-state index contributed by atoms with van der Waals surface area (Å²) < 4.78 is 65.3. The van der Waals surface area contributed by atoms with E-state index < -0.39 is 72.1 Å². The highest BCUT2D eigenvalue weighted by atomic mass is 19.4. The smallest absolute Gasteiger partial charge is 0.350 e. The lowest BCUT2D eigenvalue weighted by molar-refractivity contribution is -0.140. The van der Waals surface area contributed by atoms with Crippen LogP contribution in [0, 0.1) is 23.2 Å². The molecule has 0 radical (unpaired) electrons. The molecule has 8 nitrogen and oxygen atoms in total. The molecule has 1 aliphatic heterocycles. The minimum Gasteiger partial charge on any atom is -0.350 e. The third kappa shape index (κ3) is 5.15. The summed E-state index contributed by atoms with van der Waals surface area (Å²) in [5.41, 5.74) is -1.91. The van der Waals surface area contributed by atoms with Crippen molar-refractivity contribution in [2.24, 2.45) is 11.8 Å². The highest BCUT2D eigenvalue weighted by Crippen LogP contribution is 2.51. The summed E-state index contributed by atoms with van der Waals surface area (Å²) in [5, 5.41) is 16.9. The molecule has 34 heavy (non-hydrogen) atoms. The monoisotopic (exact) mass is 487 g/mol. The molecule has 1 saturated heterocycles. The molecule has 2 saturated carbocycles. The largest absolute Gasteiger partial charge is 0.431 e. The first-order valence-electron chi connectivity index (χ1n) is 10.8. The number of aromatic amines is 1. The summed E-state index contributed by atoms with van der Waals surface area (Å²) in [6, 6.07) is 0.756. The lowest BCUT2D eigenvalue weighted by atomic mass is 9.95. The van der Waals surface area contributed by atoms with Crippen LogP contribution in [0.15, 0.2) is 12.1 Å². The van der Waals surface area contributed by atoms with E-state index in [4.69, 9.17) is 0 Å². The fourth-order valence-corrected chi connectivity index (χ4v) is 4.32. The van der Waals surface area contributed by atoms with Crippen LogP contribution in [0.2, 0.25) is 0 Å². The number of hydrogen-bond acceptors (Lipinski definition) is 4. The second kappa shape index (κ2) is 8.25. The third-order valence-corrected chi connectivity index (χ3v) is 6.58. The van der Waals surface area contributed by atoms with Crippen molar-refractivity contribution in [1.29, 1.82) is 5.26 Å². The van der Waals surface area contributed by atoms with Gasteiger partial charge in [-0.25, -0.2) is 8.78 Å². The van der Waals surface area contributed by atoms with Crippen molar-refractivity contribution < 1.29 is 36.3 Å². The second-order valence-electron chi connectivity index (χ2n) is 9.30. The summed E-state index contributed by atoms with van der Waals surface area (Å²) in [6.07, 6.45) is -3.43. The Hall–Kier alpha value is -3.17. The van der Waals surface area contributed by atoms with E-state index in [1.807, 2.05) is 11.1 Å². The molecule has 1 spiro atoms. The number of aromatic nitrogens is 1. The van der Waals surface area contributed by atoms with E-state index in [0.29, 0.717) is 12.5 Å². The van der Waals surface area contributed by atoms with Crippen LogP contribution in [0.5, 0.6) is 0 Å².